The normalized spacial score (nSPS) is 12.1. The summed E-state index contributed by atoms with van der Waals surface area (Å²) in [6, 6.07) is 0. The highest BCUT2D eigenvalue weighted by molar-refractivity contribution is 5.71. The van der Waals surface area contributed by atoms with Crippen LogP contribution in [0.3, 0.4) is 0 Å². The van der Waals surface area contributed by atoms with Crippen LogP contribution in [0.15, 0.2) is 24.3 Å². The van der Waals surface area contributed by atoms with Crippen LogP contribution >= 0.6 is 0 Å². The number of hydrogen-bond acceptors (Lipinski definition) is 6. The summed E-state index contributed by atoms with van der Waals surface area (Å²) in [5, 5.41) is 0. The molecule has 79 heavy (non-hydrogen) atoms. The molecule has 0 rings (SSSR count). The Morgan fingerprint density at radius 3 is 0.722 bits per heavy atom. The molecule has 6 nitrogen and oxygen atoms in total. The minimum Gasteiger partial charge on any atom is -0.462 e. The van der Waals surface area contributed by atoms with Gasteiger partial charge in [0.15, 0.2) is 6.10 Å². The van der Waals surface area contributed by atoms with Crippen molar-refractivity contribution in [3.63, 3.8) is 0 Å². The molecule has 0 aromatic heterocycles. The summed E-state index contributed by atoms with van der Waals surface area (Å²) in [5.74, 6) is -0.855. The SMILES string of the molecule is CCCCC/C=C\C/C=C\CCCCCCCC(=O)OC(COC(=O)CCCCCCCCCCCCCCCC)COC(=O)CCCCCCCCCCCCCCCCCCCCCCCCCCCCCCCCCC. The Bertz CT molecular complexity index is 1270. The van der Waals surface area contributed by atoms with Gasteiger partial charge < -0.3 is 14.2 Å². The van der Waals surface area contributed by atoms with Gasteiger partial charge in [0.1, 0.15) is 13.2 Å². The summed E-state index contributed by atoms with van der Waals surface area (Å²) in [7, 11) is 0. The molecule has 0 fully saturated rings. The fourth-order valence-electron chi connectivity index (χ4n) is 11.1. The number of carbonyl (C=O) groups excluding carboxylic acids is 3. The van der Waals surface area contributed by atoms with Gasteiger partial charge in [-0.25, -0.2) is 0 Å². The van der Waals surface area contributed by atoms with Gasteiger partial charge in [0.05, 0.1) is 0 Å². The Balaban J connectivity index is 4.09. The largest absolute Gasteiger partial charge is 0.462 e. The maximum atomic E-state index is 12.9. The molecule has 1 unspecified atom stereocenters. The Labute approximate surface area is 493 Å². The highest BCUT2D eigenvalue weighted by Crippen LogP contribution is 2.19. The van der Waals surface area contributed by atoms with Crippen LogP contribution in [0.5, 0.6) is 0 Å². The van der Waals surface area contributed by atoms with Gasteiger partial charge in [0.2, 0.25) is 0 Å². The van der Waals surface area contributed by atoms with Crippen molar-refractivity contribution in [3.8, 4) is 0 Å². The Morgan fingerprint density at radius 2 is 0.456 bits per heavy atom. The second-order valence-electron chi connectivity index (χ2n) is 24.5. The van der Waals surface area contributed by atoms with E-state index < -0.39 is 6.10 Å². The van der Waals surface area contributed by atoms with Gasteiger partial charge in [-0.05, 0) is 51.4 Å². The first-order valence-electron chi connectivity index (χ1n) is 35.8. The van der Waals surface area contributed by atoms with E-state index in [1.807, 2.05) is 0 Å². The van der Waals surface area contributed by atoms with Crippen LogP contribution in [-0.2, 0) is 28.6 Å². The Kier molecular flexibility index (Phi) is 66.6. The first kappa shape index (κ1) is 76.9. The molecule has 0 aliphatic carbocycles. The van der Waals surface area contributed by atoms with Crippen LogP contribution < -0.4 is 0 Å². The molecule has 0 amide bonds. The first-order valence-corrected chi connectivity index (χ1v) is 35.8. The van der Waals surface area contributed by atoms with Gasteiger partial charge in [-0.3, -0.25) is 14.4 Å². The number of rotatable bonds is 67. The molecule has 0 N–H and O–H groups in total. The highest BCUT2D eigenvalue weighted by atomic mass is 16.6. The maximum Gasteiger partial charge on any atom is 0.306 e. The van der Waals surface area contributed by atoms with E-state index in [0.717, 1.165) is 77.0 Å². The van der Waals surface area contributed by atoms with Gasteiger partial charge in [-0.2, -0.15) is 0 Å². The van der Waals surface area contributed by atoms with Crippen molar-refractivity contribution in [3.05, 3.63) is 24.3 Å². The topological polar surface area (TPSA) is 78.9 Å². The number of ether oxygens (including phenoxy) is 3. The number of unbranched alkanes of at least 4 members (excludes halogenated alkanes) is 52. The molecule has 0 heterocycles. The molecule has 0 aliphatic heterocycles. The average Bonchev–Trinajstić information content (AvgIpc) is 3.45. The van der Waals surface area contributed by atoms with Crippen LogP contribution in [-0.4, -0.2) is 37.2 Å². The first-order chi connectivity index (χ1) is 39.0. The third-order valence-corrected chi connectivity index (χ3v) is 16.5. The van der Waals surface area contributed by atoms with E-state index in [2.05, 4.69) is 45.1 Å². The summed E-state index contributed by atoms with van der Waals surface area (Å²) in [5.41, 5.74) is 0. The van der Waals surface area contributed by atoms with E-state index in [-0.39, 0.29) is 31.1 Å². The summed E-state index contributed by atoms with van der Waals surface area (Å²) in [6.07, 6.45) is 83.7. The van der Waals surface area contributed by atoms with Crippen LogP contribution in [0.2, 0.25) is 0 Å². The molecular formula is C73H138O6. The molecule has 0 radical (unpaired) electrons. The van der Waals surface area contributed by atoms with Crippen molar-refractivity contribution in [1.29, 1.82) is 0 Å². The minimum atomic E-state index is -0.775. The molecule has 0 saturated heterocycles. The average molecular weight is 1110 g/mol. The molecule has 0 aromatic carbocycles. The van der Waals surface area contributed by atoms with E-state index in [4.69, 9.17) is 14.2 Å². The number of hydrogen-bond donors (Lipinski definition) is 0. The van der Waals surface area contributed by atoms with Gasteiger partial charge >= 0.3 is 17.9 Å². The fraction of sp³-hybridized carbons (Fsp3) is 0.904. The third-order valence-electron chi connectivity index (χ3n) is 16.5. The predicted molar refractivity (Wildman–Crippen MR) is 344 cm³/mol. The lowest BCUT2D eigenvalue weighted by atomic mass is 10.0. The molecule has 466 valence electrons. The summed E-state index contributed by atoms with van der Waals surface area (Å²) in [6.45, 7) is 6.68. The lowest BCUT2D eigenvalue weighted by molar-refractivity contribution is -0.167. The third kappa shape index (κ3) is 66.6. The maximum absolute atomic E-state index is 12.9. The molecule has 0 saturated carbocycles. The zero-order valence-electron chi connectivity index (χ0n) is 53.7. The van der Waals surface area contributed by atoms with Crippen LogP contribution in [0, 0.1) is 0 Å². The molecule has 6 heteroatoms. The summed E-state index contributed by atoms with van der Waals surface area (Å²) >= 11 is 0. The van der Waals surface area contributed by atoms with Crippen molar-refractivity contribution >= 4 is 17.9 Å². The monoisotopic (exact) mass is 1110 g/mol. The standard InChI is InChI=1S/C73H138O6/c1-4-7-10-13-16-19-22-25-28-29-30-31-32-33-34-35-36-37-38-39-40-41-42-43-44-46-48-51-54-57-60-63-66-72(75)78-69-70(68-77-71(74)65-62-59-56-53-50-47-27-24-21-18-15-12-9-6-3)79-73(76)67-64-61-58-55-52-49-45-26-23-20-17-14-11-8-5-2/h17,20,26,45,70H,4-16,18-19,21-25,27-44,46-69H2,1-3H3/b20-17-,45-26-. The second-order valence-corrected chi connectivity index (χ2v) is 24.5. The summed E-state index contributed by atoms with van der Waals surface area (Å²) in [4.78, 5) is 38.3. The lowest BCUT2D eigenvalue weighted by Gasteiger charge is -2.18. The quantitative estimate of drug-likeness (QED) is 0.0261. The predicted octanol–water partition coefficient (Wildman–Crippen LogP) is 24.6. The smallest absolute Gasteiger partial charge is 0.306 e. The highest BCUT2D eigenvalue weighted by Gasteiger charge is 2.19. The number of esters is 3. The van der Waals surface area contributed by atoms with Gasteiger partial charge in [-0.15, -0.1) is 0 Å². The van der Waals surface area contributed by atoms with Crippen molar-refractivity contribution in [2.24, 2.45) is 0 Å². The number of carbonyl (C=O) groups is 3. The zero-order chi connectivity index (χ0) is 57.1. The molecule has 0 aliphatic rings. The molecule has 1 atom stereocenters. The molecule has 0 spiro atoms. The second kappa shape index (κ2) is 68.4. The van der Waals surface area contributed by atoms with E-state index in [0.29, 0.717) is 19.3 Å². The van der Waals surface area contributed by atoms with Gasteiger partial charge in [-0.1, -0.05) is 360 Å². The Morgan fingerprint density at radius 1 is 0.253 bits per heavy atom. The van der Waals surface area contributed by atoms with Crippen molar-refractivity contribution in [2.45, 2.75) is 412 Å². The Hall–Kier alpha value is -2.11. The molecule has 0 bridgehead atoms. The minimum absolute atomic E-state index is 0.0709. The van der Waals surface area contributed by atoms with E-state index in [1.54, 1.807) is 0 Å². The van der Waals surface area contributed by atoms with Gasteiger partial charge in [0, 0.05) is 19.3 Å². The van der Waals surface area contributed by atoms with E-state index >= 15 is 0 Å². The van der Waals surface area contributed by atoms with Crippen molar-refractivity contribution < 1.29 is 28.6 Å². The summed E-state index contributed by atoms with van der Waals surface area (Å²) < 4.78 is 17.0. The van der Waals surface area contributed by atoms with E-state index in [9.17, 15) is 14.4 Å². The van der Waals surface area contributed by atoms with Gasteiger partial charge in [0.25, 0.3) is 0 Å². The number of allylic oxidation sites excluding steroid dienone is 4. The molecule has 0 aromatic rings. The molecular weight excluding hydrogens is 973 g/mol. The van der Waals surface area contributed by atoms with Crippen molar-refractivity contribution in [2.75, 3.05) is 13.2 Å². The van der Waals surface area contributed by atoms with Crippen LogP contribution in [0.4, 0.5) is 0 Å². The fourth-order valence-corrected chi connectivity index (χ4v) is 11.1. The lowest BCUT2D eigenvalue weighted by Crippen LogP contribution is -2.30. The zero-order valence-corrected chi connectivity index (χ0v) is 53.7. The van der Waals surface area contributed by atoms with Crippen LogP contribution in [0.1, 0.15) is 406 Å². The van der Waals surface area contributed by atoms with Crippen LogP contribution in [0.25, 0.3) is 0 Å². The van der Waals surface area contributed by atoms with E-state index in [1.165, 1.54) is 289 Å². The van der Waals surface area contributed by atoms with Crippen molar-refractivity contribution in [1.82, 2.24) is 0 Å².